The number of fused-ring (bicyclic) bond motifs is 1. The Labute approximate surface area is 207 Å². The van der Waals surface area contributed by atoms with Gasteiger partial charge in [-0.1, -0.05) is 23.2 Å². The van der Waals surface area contributed by atoms with Gasteiger partial charge < -0.3 is 24.7 Å². The molecule has 0 atom stereocenters. The van der Waals surface area contributed by atoms with Gasteiger partial charge in [0.1, 0.15) is 11.4 Å². The Balaban J connectivity index is 1.44. The van der Waals surface area contributed by atoms with Gasteiger partial charge in [-0.15, -0.1) is 0 Å². The van der Waals surface area contributed by atoms with Crippen LogP contribution in [0.4, 0.5) is 11.4 Å². The average molecular weight is 505 g/mol. The number of anilines is 2. The zero-order valence-electron chi connectivity index (χ0n) is 19.0. The number of hydrogen-bond donors (Lipinski definition) is 2. The van der Waals surface area contributed by atoms with Crippen molar-refractivity contribution in [1.29, 1.82) is 0 Å². The molecule has 2 N–H and O–H groups in total. The third kappa shape index (κ3) is 5.24. The molecule has 1 aliphatic rings. The first-order valence-electron chi connectivity index (χ1n) is 11.0. The van der Waals surface area contributed by atoms with Gasteiger partial charge in [0.15, 0.2) is 0 Å². The molecule has 3 aromatic rings. The number of aromatic nitrogens is 1. The van der Waals surface area contributed by atoms with Crippen LogP contribution < -0.4 is 15.0 Å². The van der Waals surface area contributed by atoms with Crippen molar-refractivity contribution in [3.63, 3.8) is 0 Å². The summed E-state index contributed by atoms with van der Waals surface area (Å²) < 4.78 is 10.5. The fourth-order valence-electron chi connectivity index (χ4n) is 4.01. The Bertz CT molecular complexity index is 1210. The van der Waals surface area contributed by atoms with Gasteiger partial charge in [-0.2, -0.15) is 0 Å². The summed E-state index contributed by atoms with van der Waals surface area (Å²) in [5.74, 6) is -0.115. The maximum absolute atomic E-state index is 12.9. The lowest BCUT2D eigenvalue weighted by Crippen LogP contribution is -2.48. The molecule has 10 heteroatoms. The first-order valence-corrected chi connectivity index (χ1v) is 11.7. The number of carbonyl (C=O) groups excluding carboxylic acids is 2. The minimum atomic E-state index is -0.525. The first kappa shape index (κ1) is 24.2. The quantitative estimate of drug-likeness (QED) is 0.463. The molecule has 4 rings (SSSR count). The van der Waals surface area contributed by atoms with E-state index in [1.807, 2.05) is 12.1 Å². The zero-order chi connectivity index (χ0) is 24.2. The van der Waals surface area contributed by atoms with Crippen LogP contribution in [-0.4, -0.2) is 68.2 Å². The third-order valence-corrected chi connectivity index (χ3v) is 6.50. The first-order chi connectivity index (χ1) is 16.4. The molecule has 1 amide bonds. The van der Waals surface area contributed by atoms with Crippen LogP contribution in [0.15, 0.2) is 36.4 Å². The van der Waals surface area contributed by atoms with Crippen molar-refractivity contribution in [2.24, 2.45) is 0 Å². The van der Waals surface area contributed by atoms with Crippen molar-refractivity contribution in [2.45, 2.75) is 6.92 Å². The number of nitrogens with one attached hydrogen (secondary N) is 2. The summed E-state index contributed by atoms with van der Waals surface area (Å²) >= 11 is 12.2. The van der Waals surface area contributed by atoms with Gasteiger partial charge in [-0.05, 0) is 43.3 Å². The maximum Gasteiger partial charge on any atom is 0.356 e. The van der Waals surface area contributed by atoms with Crippen molar-refractivity contribution >= 4 is 57.4 Å². The summed E-state index contributed by atoms with van der Waals surface area (Å²) in [5, 5.41) is 4.64. The molecule has 1 aliphatic heterocycles. The summed E-state index contributed by atoms with van der Waals surface area (Å²) in [6, 6.07) is 10.9. The number of amides is 1. The van der Waals surface area contributed by atoms with Crippen molar-refractivity contribution in [1.82, 2.24) is 9.88 Å². The molecular formula is C24H26Cl2N4O4. The minimum absolute atomic E-state index is 0.203. The molecule has 180 valence electrons. The van der Waals surface area contributed by atoms with E-state index in [1.54, 1.807) is 38.3 Å². The molecule has 0 spiro atoms. The summed E-state index contributed by atoms with van der Waals surface area (Å²) in [4.78, 5) is 32.8. The number of rotatable bonds is 7. The van der Waals surface area contributed by atoms with E-state index in [2.05, 4.69) is 20.1 Å². The Morgan fingerprint density at radius 1 is 1.06 bits per heavy atom. The number of aromatic amines is 1. The number of hydrogen-bond acceptors (Lipinski definition) is 6. The highest BCUT2D eigenvalue weighted by atomic mass is 35.5. The van der Waals surface area contributed by atoms with Crippen LogP contribution >= 0.6 is 23.2 Å². The molecular weight excluding hydrogens is 479 g/mol. The molecule has 2 heterocycles. The molecule has 0 saturated carbocycles. The van der Waals surface area contributed by atoms with E-state index in [4.69, 9.17) is 32.7 Å². The van der Waals surface area contributed by atoms with Crippen LogP contribution in [0.3, 0.4) is 0 Å². The SMILES string of the molecule is CCOC(=O)c1[nH]c2ccc(OC)cc2c1NC(=O)CN1CCN(c2ccc(Cl)c(Cl)c2)CC1. The van der Waals surface area contributed by atoms with Crippen molar-refractivity contribution in [2.75, 3.05) is 56.7 Å². The molecule has 1 saturated heterocycles. The van der Waals surface area contributed by atoms with Gasteiger partial charge in [0.05, 0.1) is 36.0 Å². The lowest BCUT2D eigenvalue weighted by atomic mass is 10.2. The topological polar surface area (TPSA) is 86.9 Å². The van der Waals surface area contributed by atoms with Gasteiger partial charge in [0, 0.05) is 42.8 Å². The zero-order valence-corrected chi connectivity index (χ0v) is 20.5. The van der Waals surface area contributed by atoms with Crippen molar-refractivity contribution in [3.8, 4) is 5.75 Å². The van der Waals surface area contributed by atoms with E-state index in [9.17, 15) is 9.59 Å². The highest BCUT2D eigenvalue weighted by Gasteiger charge is 2.24. The molecule has 0 bridgehead atoms. The van der Waals surface area contributed by atoms with E-state index < -0.39 is 5.97 Å². The molecule has 0 unspecified atom stereocenters. The van der Waals surface area contributed by atoms with Gasteiger partial charge in [0.2, 0.25) is 5.91 Å². The largest absolute Gasteiger partial charge is 0.497 e. The highest BCUT2D eigenvalue weighted by Crippen LogP contribution is 2.32. The number of ether oxygens (including phenoxy) is 2. The Kier molecular flexibility index (Phi) is 7.50. The summed E-state index contributed by atoms with van der Waals surface area (Å²) in [6.07, 6.45) is 0. The minimum Gasteiger partial charge on any atom is -0.497 e. The highest BCUT2D eigenvalue weighted by molar-refractivity contribution is 6.42. The number of H-pyrrole nitrogens is 1. The van der Waals surface area contributed by atoms with Gasteiger partial charge in [-0.25, -0.2) is 4.79 Å². The second-order valence-corrected chi connectivity index (χ2v) is 8.73. The van der Waals surface area contributed by atoms with Crippen LogP contribution in [0, 0.1) is 0 Å². The van der Waals surface area contributed by atoms with Crippen LogP contribution in [0.25, 0.3) is 10.9 Å². The predicted molar refractivity (Wildman–Crippen MR) is 135 cm³/mol. The maximum atomic E-state index is 12.9. The molecule has 2 aromatic carbocycles. The number of methoxy groups -OCH3 is 1. The fraction of sp³-hybridized carbons (Fsp3) is 0.333. The normalized spacial score (nSPS) is 14.3. The van der Waals surface area contributed by atoms with Gasteiger partial charge in [-0.3, -0.25) is 9.69 Å². The smallest absolute Gasteiger partial charge is 0.356 e. The van der Waals surface area contributed by atoms with Gasteiger partial charge in [0.25, 0.3) is 0 Å². The van der Waals surface area contributed by atoms with Crippen molar-refractivity contribution < 1.29 is 19.1 Å². The molecule has 1 fully saturated rings. The number of halogens is 2. The van der Waals surface area contributed by atoms with E-state index in [0.717, 1.165) is 18.8 Å². The summed E-state index contributed by atoms with van der Waals surface area (Å²) in [6.45, 7) is 5.09. The lowest BCUT2D eigenvalue weighted by molar-refractivity contribution is -0.117. The molecule has 0 aliphatic carbocycles. The second kappa shape index (κ2) is 10.5. The number of carbonyl (C=O) groups is 2. The van der Waals surface area contributed by atoms with Crippen LogP contribution in [0.1, 0.15) is 17.4 Å². The molecule has 1 aromatic heterocycles. The summed E-state index contributed by atoms with van der Waals surface area (Å²) in [5.41, 5.74) is 2.31. The standard InChI is InChI=1S/C24H26Cl2N4O4/c1-3-34-24(32)23-22(17-13-16(33-2)5-7-20(17)27-23)28-21(31)14-29-8-10-30(11-9-29)15-4-6-18(25)19(26)12-15/h4-7,12-13,27H,3,8-11,14H2,1-2H3,(H,28,31). The Morgan fingerprint density at radius 2 is 1.82 bits per heavy atom. The predicted octanol–water partition coefficient (Wildman–Crippen LogP) is 4.42. The van der Waals surface area contributed by atoms with Crippen LogP contribution in [0.2, 0.25) is 10.0 Å². The Morgan fingerprint density at radius 3 is 2.50 bits per heavy atom. The second-order valence-electron chi connectivity index (χ2n) is 7.92. The lowest BCUT2D eigenvalue weighted by Gasteiger charge is -2.35. The number of benzene rings is 2. The fourth-order valence-corrected chi connectivity index (χ4v) is 4.30. The van der Waals surface area contributed by atoms with Gasteiger partial charge >= 0.3 is 5.97 Å². The molecule has 8 nitrogen and oxygen atoms in total. The van der Waals surface area contributed by atoms with E-state index >= 15 is 0 Å². The average Bonchev–Trinajstić information content (AvgIpc) is 3.19. The monoisotopic (exact) mass is 504 g/mol. The van der Waals surface area contributed by atoms with Crippen molar-refractivity contribution in [3.05, 3.63) is 52.1 Å². The van der Waals surface area contributed by atoms with E-state index in [-0.39, 0.29) is 24.8 Å². The number of nitrogens with zero attached hydrogens (tertiary/aromatic N) is 2. The number of piperazine rings is 1. The Hall–Kier alpha value is -2.94. The summed E-state index contributed by atoms with van der Waals surface area (Å²) in [7, 11) is 1.57. The number of esters is 1. The van der Waals surface area contributed by atoms with Crippen LogP contribution in [-0.2, 0) is 9.53 Å². The third-order valence-electron chi connectivity index (χ3n) is 5.76. The molecule has 34 heavy (non-hydrogen) atoms. The molecule has 0 radical (unpaired) electrons. The van der Waals surface area contributed by atoms with E-state index in [0.29, 0.717) is 45.5 Å². The van der Waals surface area contributed by atoms with E-state index in [1.165, 1.54) is 0 Å². The van der Waals surface area contributed by atoms with Crippen LogP contribution in [0.5, 0.6) is 5.75 Å².